The molecule has 62 valence electrons. The highest BCUT2D eigenvalue weighted by molar-refractivity contribution is 5.08. The van der Waals surface area contributed by atoms with Crippen LogP contribution in [0.4, 0.5) is 0 Å². The van der Waals surface area contributed by atoms with E-state index in [1.165, 1.54) is 0 Å². The summed E-state index contributed by atoms with van der Waals surface area (Å²) < 4.78 is 0. The van der Waals surface area contributed by atoms with Crippen LogP contribution in [0.5, 0.6) is 0 Å². The first-order valence-corrected chi connectivity index (χ1v) is 3.92. The zero-order valence-electron chi connectivity index (χ0n) is 7.12. The number of hydrogen-bond donors (Lipinski definition) is 1. The summed E-state index contributed by atoms with van der Waals surface area (Å²) in [6, 6.07) is 6.07. The zero-order valence-corrected chi connectivity index (χ0v) is 7.12. The maximum Gasteiger partial charge on any atom is 0.0578 e. The van der Waals surface area contributed by atoms with Crippen molar-refractivity contribution in [3.63, 3.8) is 0 Å². The molecular weight excluding hydrogens is 148 g/mol. The summed E-state index contributed by atoms with van der Waals surface area (Å²) in [7, 11) is 0. The van der Waals surface area contributed by atoms with Gasteiger partial charge in [0.15, 0.2) is 0 Å². The lowest BCUT2D eigenvalue weighted by molar-refractivity contribution is 0.606. The zero-order chi connectivity index (χ0) is 8.81. The quantitative estimate of drug-likeness (QED) is 0.675. The van der Waals surface area contributed by atoms with Gasteiger partial charge in [0.25, 0.3) is 0 Å². The van der Waals surface area contributed by atoms with Crippen LogP contribution in [0.15, 0.2) is 24.4 Å². The van der Waals surface area contributed by atoms with Crippen LogP contribution in [0.3, 0.4) is 0 Å². The third-order valence-corrected chi connectivity index (χ3v) is 1.64. The van der Waals surface area contributed by atoms with Crippen molar-refractivity contribution in [2.45, 2.75) is 13.0 Å². The van der Waals surface area contributed by atoms with Gasteiger partial charge in [0.2, 0.25) is 0 Å². The SMILES string of the molecule is C#CCNC(C)c1ccccn1. The Morgan fingerprint density at radius 3 is 3.08 bits per heavy atom. The summed E-state index contributed by atoms with van der Waals surface area (Å²) >= 11 is 0. The third-order valence-electron chi connectivity index (χ3n) is 1.64. The summed E-state index contributed by atoms with van der Waals surface area (Å²) in [4.78, 5) is 4.20. The molecule has 2 nitrogen and oxygen atoms in total. The highest BCUT2D eigenvalue weighted by Gasteiger charge is 2.02. The Balaban J connectivity index is 2.55. The van der Waals surface area contributed by atoms with Crippen LogP contribution in [-0.4, -0.2) is 11.5 Å². The van der Waals surface area contributed by atoms with Gasteiger partial charge in [-0.1, -0.05) is 12.0 Å². The first-order valence-electron chi connectivity index (χ1n) is 3.92. The predicted molar refractivity (Wildman–Crippen MR) is 49.5 cm³/mol. The Morgan fingerprint density at radius 1 is 1.67 bits per heavy atom. The highest BCUT2D eigenvalue weighted by Crippen LogP contribution is 2.06. The van der Waals surface area contributed by atoms with Crippen LogP contribution < -0.4 is 5.32 Å². The molecule has 1 N–H and O–H groups in total. The number of pyridine rings is 1. The maximum atomic E-state index is 5.12. The lowest BCUT2D eigenvalue weighted by atomic mass is 10.2. The van der Waals surface area contributed by atoms with Crippen molar-refractivity contribution in [1.29, 1.82) is 0 Å². The van der Waals surface area contributed by atoms with Crippen molar-refractivity contribution in [2.24, 2.45) is 0 Å². The second-order valence-electron chi connectivity index (χ2n) is 2.56. The fourth-order valence-corrected chi connectivity index (χ4v) is 0.949. The molecule has 12 heavy (non-hydrogen) atoms. The normalized spacial score (nSPS) is 12.0. The molecule has 0 saturated heterocycles. The average Bonchev–Trinajstić information content (AvgIpc) is 2.15. The maximum absolute atomic E-state index is 5.12. The van der Waals surface area contributed by atoms with Gasteiger partial charge < -0.3 is 0 Å². The molecule has 0 spiro atoms. The van der Waals surface area contributed by atoms with E-state index in [0.29, 0.717) is 6.54 Å². The van der Waals surface area contributed by atoms with Crippen LogP contribution in [0.2, 0.25) is 0 Å². The number of aromatic nitrogens is 1. The number of nitrogens with one attached hydrogen (secondary N) is 1. The van der Waals surface area contributed by atoms with E-state index < -0.39 is 0 Å². The number of terminal acetylenes is 1. The average molecular weight is 160 g/mol. The number of rotatable bonds is 3. The minimum absolute atomic E-state index is 0.224. The van der Waals surface area contributed by atoms with Crippen molar-refractivity contribution >= 4 is 0 Å². The summed E-state index contributed by atoms with van der Waals surface area (Å²) in [5.74, 6) is 2.53. The number of hydrogen-bond acceptors (Lipinski definition) is 2. The van der Waals surface area contributed by atoms with Crippen molar-refractivity contribution in [3.8, 4) is 12.3 Å². The lowest BCUT2D eigenvalue weighted by Gasteiger charge is -2.09. The predicted octanol–water partition coefficient (Wildman–Crippen LogP) is 1.37. The first kappa shape index (κ1) is 8.76. The minimum atomic E-state index is 0.224. The topological polar surface area (TPSA) is 24.9 Å². The van der Waals surface area contributed by atoms with E-state index in [0.717, 1.165) is 5.69 Å². The van der Waals surface area contributed by atoms with Gasteiger partial charge in [-0.25, -0.2) is 0 Å². The molecule has 0 radical (unpaired) electrons. The fourth-order valence-electron chi connectivity index (χ4n) is 0.949. The van der Waals surface area contributed by atoms with Crippen LogP contribution in [0, 0.1) is 12.3 Å². The first-order chi connectivity index (χ1) is 5.84. The van der Waals surface area contributed by atoms with Crippen LogP contribution in [0.1, 0.15) is 18.7 Å². The van der Waals surface area contributed by atoms with Crippen LogP contribution >= 0.6 is 0 Å². The van der Waals surface area contributed by atoms with E-state index in [1.807, 2.05) is 25.1 Å². The third kappa shape index (κ3) is 2.37. The van der Waals surface area contributed by atoms with Gasteiger partial charge in [0.05, 0.1) is 12.2 Å². The summed E-state index contributed by atoms with van der Waals surface area (Å²) in [5.41, 5.74) is 1.02. The second-order valence-corrected chi connectivity index (χ2v) is 2.56. The minimum Gasteiger partial charge on any atom is -0.298 e. The molecule has 0 bridgehead atoms. The van der Waals surface area contributed by atoms with Gasteiger partial charge >= 0.3 is 0 Å². The molecule has 0 aliphatic carbocycles. The highest BCUT2D eigenvalue weighted by atomic mass is 14.9. The van der Waals surface area contributed by atoms with Crippen molar-refractivity contribution in [2.75, 3.05) is 6.54 Å². The molecule has 0 amide bonds. The molecule has 1 aromatic heterocycles. The van der Waals surface area contributed by atoms with E-state index in [9.17, 15) is 0 Å². The van der Waals surface area contributed by atoms with E-state index >= 15 is 0 Å². The Hall–Kier alpha value is -1.33. The lowest BCUT2D eigenvalue weighted by Crippen LogP contribution is -2.19. The monoisotopic (exact) mass is 160 g/mol. The van der Waals surface area contributed by atoms with Crippen LogP contribution in [0.25, 0.3) is 0 Å². The molecule has 0 aliphatic rings. The van der Waals surface area contributed by atoms with Gasteiger partial charge in [-0.15, -0.1) is 6.42 Å². The molecule has 0 aromatic carbocycles. The van der Waals surface area contributed by atoms with E-state index in [4.69, 9.17) is 6.42 Å². The van der Waals surface area contributed by atoms with Gasteiger partial charge in [-0.2, -0.15) is 0 Å². The molecule has 1 atom stereocenters. The van der Waals surface area contributed by atoms with Crippen molar-refractivity contribution in [3.05, 3.63) is 30.1 Å². The molecule has 1 aromatic rings. The number of nitrogens with zero attached hydrogens (tertiary/aromatic N) is 1. The molecule has 0 saturated carbocycles. The Labute approximate surface area is 73.0 Å². The molecule has 1 heterocycles. The summed E-state index contributed by atoms with van der Waals surface area (Å²) in [6.45, 7) is 2.62. The largest absolute Gasteiger partial charge is 0.298 e. The molecule has 1 unspecified atom stereocenters. The fraction of sp³-hybridized carbons (Fsp3) is 0.300. The second kappa shape index (κ2) is 4.53. The van der Waals surface area contributed by atoms with Crippen LogP contribution in [-0.2, 0) is 0 Å². The molecule has 0 aliphatic heterocycles. The standard InChI is InChI=1S/C10H12N2/c1-3-7-11-9(2)10-6-4-5-8-12-10/h1,4-6,8-9,11H,7H2,2H3. The Morgan fingerprint density at radius 2 is 2.50 bits per heavy atom. The van der Waals surface area contributed by atoms with E-state index in [1.54, 1.807) is 6.20 Å². The van der Waals surface area contributed by atoms with Gasteiger partial charge in [-0.3, -0.25) is 10.3 Å². The van der Waals surface area contributed by atoms with Gasteiger partial charge in [-0.05, 0) is 19.1 Å². The van der Waals surface area contributed by atoms with E-state index in [-0.39, 0.29) is 6.04 Å². The van der Waals surface area contributed by atoms with Gasteiger partial charge in [0.1, 0.15) is 0 Å². The van der Waals surface area contributed by atoms with Gasteiger partial charge in [0, 0.05) is 12.2 Å². The van der Waals surface area contributed by atoms with Crippen molar-refractivity contribution < 1.29 is 0 Å². The van der Waals surface area contributed by atoms with Crippen molar-refractivity contribution in [1.82, 2.24) is 10.3 Å². The summed E-state index contributed by atoms with van der Waals surface area (Å²) in [6.07, 6.45) is 6.90. The smallest absolute Gasteiger partial charge is 0.0578 e. The Bertz CT molecular complexity index is 261. The molecule has 2 heteroatoms. The molecular formula is C10H12N2. The molecule has 1 rings (SSSR count). The molecule has 0 fully saturated rings. The van der Waals surface area contributed by atoms with E-state index in [2.05, 4.69) is 16.2 Å². The summed E-state index contributed by atoms with van der Waals surface area (Å²) in [5, 5.41) is 3.15. The Kier molecular flexibility index (Phi) is 3.31.